The first-order valence-electron chi connectivity index (χ1n) is 17.4. The fourth-order valence-electron chi connectivity index (χ4n) is 7.68. The van der Waals surface area contributed by atoms with E-state index in [2.05, 4.69) is 204 Å². The number of para-hydroxylation sites is 3. The van der Waals surface area contributed by atoms with E-state index in [1.807, 2.05) is 11.3 Å². The molecule has 0 amide bonds. The first kappa shape index (κ1) is 29.5. The number of rotatable bonds is 6. The van der Waals surface area contributed by atoms with E-state index in [1.54, 1.807) is 0 Å². The Morgan fingerprint density at radius 3 is 1.88 bits per heavy atom. The highest BCUT2D eigenvalue weighted by Gasteiger charge is 2.22. The number of thiophene rings is 1. The zero-order valence-electron chi connectivity index (χ0n) is 27.8. The van der Waals surface area contributed by atoms with Crippen LogP contribution in [0.3, 0.4) is 0 Å². The van der Waals surface area contributed by atoms with Gasteiger partial charge in [0.15, 0.2) is 0 Å². The van der Waals surface area contributed by atoms with Crippen LogP contribution in [0.15, 0.2) is 194 Å². The maximum Gasteiger partial charge on any atom is 0.0555 e. The Kier molecular flexibility index (Phi) is 7.04. The van der Waals surface area contributed by atoms with Crippen LogP contribution in [0, 0.1) is 0 Å². The predicted octanol–water partition coefficient (Wildman–Crippen LogP) is 14.0. The number of fused-ring (bicyclic) bond motifs is 6. The Balaban J connectivity index is 1.23. The number of aromatic nitrogens is 1. The van der Waals surface area contributed by atoms with Gasteiger partial charge in [-0.15, -0.1) is 11.3 Å². The molecule has 0 atom stereocenters. The summed E-state index contributed by atoms with van der Waals surface area (Å²) in [6.45, 7) is 0. The molecule has 2 aromatic heterocycles. The first-order valence-corrected chi connectivity index (χ1v) is 18.2. The van der Waals surface area contributed by atoms with Crippen LogP contribution in [0.2, 0.25) is 0 Å². The lowest BCUT2D eigenvalue weighted by atomic mass is 9.98. The van der Waals surface area contributed by atoms with Crippen molar-refractivity contribution in [3.63, 3.8) is 0 Å². The van der Waals surface area contributed by atoms with E-state index < -0.39 is 0 Å². The SMILES string of the molecule is c1ccc(-c2cccc(N(c3ccccc3)c3ccc(-c4ccc5c6ccccc6n(-c6ccccc6)c5c4)c4sc5ccccc5c34)c2)cc1. The Morgan fingerprint density at radius 2 is 1.06 bits per heavy atom. The van der Waals surface area contributed by atoms with Crippen molar-refractivity contribution in [1.82, 2.24) is 4.57 Å². The topological polar surface area (TPSA) is 8.17 Å². The Labute approximate surface area is 300 Å². The minimum Gasteiger partial charge on any atom is -0.310 e. The lowest BCUT2D eigenvalue weighted by molar-refractivity contribution is 1.18. The van der Waals surface area contributed by atoms with E-state index in [-0.39, 0.29) is 0 Å². The summed E-state index contributed by atoms with van der Waals surface area (Å²) in [5.41, 5.74) is 11.9. The van der Waals surface area contributed by atoms with E-state index >= 15 is 0 Å². The molecule has 0 N–H and O–H groups in total. The van der Waals surface area contributed by atoms with Crippen molar-refractivity contribution in [2.24, 2.45) is 0 Å². The summed E-state index contributed by atoms with van der Waals surface area (Å²) in [6.07, 6.45) is 0. The molecule has 0 fully saturated rings. The summed E-state index contributed by atoms with van der Waals surface area (Å²) in [6, 6.07) is 70.3. The normalized spacial score (nSPS) is 11.5. The predicted molar refractivity (Wildman–Crippen MR) is 219 cm³/mol. The molecule has 8 aromatic carbocycles. The number of anilines is 3. The average Bonchev–Trinajstić information content (AvgIpc) is 3.76. The summed E-state index contributed by atoms with van der Waals surface area (Å²) in [7, 11) is 0. The Hall–Kier alpha value is -6.42. The number of benzene rings is 8. The van der Waals surface area contributed by atoms with Gasteiger partial charge in [0, 0.05) is 48.0 Å². The van der Waals surface area contributed by atoms with Crippen molar-refractivity contribution in [3.8, 4) is 27.9 Å². The summed E-state index contributed by atoms with van der Waals surface area (Å²) < 4.78 is 4.98. The van der Waals surface area contributed by atoms with Gasteiger partial charge in [0.25, 0.3) is 0 Å². The molecule has 0 bridgehead atoms. The summed E-state index contributed by atoms with van der Waals surface area (Å²) >= 11 is 1.88. The molecule has 3 heteroatoms. The minimum absolute atomic E-state index is 1.13. The maximum atomic E-state index is 2.42. The van der Waals surface area contributed by atoms with Crippen molar-refractivity contribution >= 4 is 70.4 Å². The summed E-state index contributed by atoms with van der Waals surface area (Å²) in [5.74, 6) is 0. The third-order valence-corrected chi connectivity index (χ3v) is 11.2. The Morgan fingerprint density at radius 1 is 0.412 bits per heavy atom. The molecule has 0 saturated carbocycles. The van der Waals surface area contributed by atoms with Crippen molar-refractivity contribution < 1.29 is 0 Å². The highest BCUT2D eigenvalue weighted by Crippen LogP contribution is 2.49. The van der Waals surface area contributed by atoms with Gasteiger partial charge in [-0.25, -0.2) is 0 Å². The molecule has 10 rings (SSSR count). The van der Waals surface area contributed by atoms with Gasteiger partial charge in [-0.1, -0.05) is 133 Å². The van der Waals surface area contributed by atoms with Crippen LogP contribution < -0.4 is 4.90 Å². The lowest BCUT2D eigenvalue weighted by Gasteiger charge is -2.27. The molecular weight excluding hydrogens is 637 g/mol. The number of nitrogens with zero attached hydrogens (tertiary/aromatic N) is 2. The molecule has 0 radical (unpaired) electrons. The third-order valence-electron chi connectivity index (χ3n) is 9.97. The van der Waals surface area contributed by atoms with Crippen molar-refractivity contribution in [2.45, 2.75) is 0 Å². The van der Waals surface area contributed by atoms with E-state index in [4.69, 9.17) is 0 Å². The van der Waals surface area contributed by atoms with Crippen LogP contribution in [0.1, 0.15) is 0 Å². The lowest BCUT2D eigenvalue weighted by Crippen LogP contribution is -2.10. The standard InChI is InChI=1S/C48H32N2S/c1-4-15-33(16-5-1)34-17-14-22-38(31-34)49(36-18-6-2-7-19-36)44-30-29-39(48-47(44)42-24-11-13-26-46(42)51-48)35-27-28-41-40-23-10-12-25-43(40)50(45(41)32-35)37-20-8-3-9-21-37/h1-32H. The van der Waals surface area contributed by atoms with Gasteiger partial charge in [0.05, 0.1) is 16.7 Å². The fraction of sp³-hybridized carbons (Fsp3) is 0. The molecule has 51 heavy (non-hydrogen) atoms. The first-order chi connectivity index (χ1) is 25.3. The van der Waals surface area contributed by atoms with Gasteiger partial charge in [0.2, 0.25) is 0 Å². The maximum absolute atomic E-state index is 2.42. The van der Waals surface area contributed by atoms with E-state index in [9.17, 15) is 0 Å². The second kappa shape index (κ2) is 12.2. The Bertz CT molecular complexity index is 2850. The van der Waals surface area contributed by atoms with Crippen molar-refractivity contribution in [2.75, 3.05) is 4.90 Å². The molecule has 10 aromatic rings. The van der Waals surface area contributed by atoms with E-state index in [0.29, 0.717) is 0 Å². The smallest absolute Gasteiger partial charge is 0.0555 e. The second-order valence-electron chi connectivity index (χ2n) is 12.9. The molecular formula is C48H32N2S. The number of hydrogen-bond donors (Lipinski definition) is 0. The van der Waals surface area contributed by atoms with Crippen LogP contribution in [-0.4, -0.2) is 4.57 Å². The van der Waals surface area contributed by atoms with Crippen LogP contribution in [0.5, 0.6) is 0 Å². The highest BCUT2D eigenvalue weighted by molar-refractivity contribution is 7.26. The van der Waals surface area contributed by atoms with Gasteiger partial charge in [-0.05, 0) is 82.9 Å². The van der Waals surface area contributed by atoms with E-state index in [0.717, 1.165) is 11.4 Å². The fourth-order valence-corrected chi connectivity index (χ4v) is 8.94. The largest absolute Gasteiger partial charge is 0.310 e. The molecule has 0 saturated heterocycles. The molecule has 0 spiro atoms. The van der Waals surface area contributed by atoms with E-state index in [1.165, 1.54) is 75.6 Å². The zero-order chi connectivity index (χ0) is 33.7. The van der Waals surface area contributed by atoms with Gasteiger partial charge in [-0.3, -0.25) is 0 Å². The minimum atomic E-state index is 1.13. The monoisotopic (exact) mass is 668 g/mol. The van der Waals surface area contributed by atoms with Crippen LogP contribution in [0.4, 0.5) is 17.1 Å². The molecule has 0 unspecified atom stereocenters. The second-order valence-corrected chi connectivity index (χ2v) is 14.0. The van der Waals surface area contributed by atoms with Crippen molar-refractivity contribution in [3.05, 3.63) is 194 Å². The highest BCUT2D eigenvalue weighted by atomic mass is 32.1. The summed E-state index contributed by atoms with van der Waals surface area (Å²) in [4.78, 5) is 2.42. The van der Waals surface area contributed by atoms with Crippen LogP contribution in [-0.2, 0) is 0 Å². The van der Waals surface area contributed by atoms with Crippen LogP contribution >= 0.6 is 11.3 Å². The molecule has 0 aliphatic rings. The number of hydrogen-bond acceptors (Lipinski definition) is 2. The molecule has 2 heterocycles. The van der Waals surface area contributed by atoms with Gasteiger partial charge in [0.1, 0.15) is 0 Å². The third kappa shape index (κ3) is 4.93. The van der Waals surface area contributed by atoms with Gasteiger partial charge in [-0.2, -0.15) is 0 Å². The molecule has 240 valence electrons. The molecule has 0 aliphatic carbocycles. The van der Waals surface area contributed by atoms with Crippen LogP contribution in [0.25, 0.3) is 69.9 Å². The van der Waals surface area contributed by atoms with Gasteiger partial charge < -0.3 is 9.47 Å². The average molecular weight is 669 g/mol. The van der Waals surface area contributed by atoms with Crippen molar-refractivity contribution in [1.29, 1.82) is 0 Å². The molecule has 0 aliphatic heterocycles. The quantitative estimate of drug-likeness (QED) is 0.171. The zero-order valence-corrected chi connectivity index (χ0v) is 28.6. The summed E-state index contributed by atoms with van der Waals surface area (Å²) in [5, 5.41) is 5.07. The molecule has 2 nitrogen and oxygen atoms in total. The van der Waals surface area contributed by atoms with Gasteiger partial charge >= 0.3 is 0 Å².